The molecule has 24 valence electrons. The third-order valence-electron chi connectivity index (χ3n) is 0. The minimum Gasteiger partial charge on any atom is -0.481 e. The molecule has 0 saturated heterocycles. The van der Waals surface area contributed by atoms with Gasteiger partial charge in [-0.05, 0) is 0 Å². The summed E-state index contributed by atoms with van der Waals surface area (Å²) in [6, 6.07) is 0. The van der Waals surface area contributed by atoms with Crippen molar-refractivity contribution in [3.8, 4) is 0 Å². The maximum atomic E-state index is 9.00. The zero-order valence-corrected chi connectivity index (χ0v) is 2.36. The van der Waals surface area contributed by atoms with Crippen LogP contribution in [-0.2, 0) is 4.79 Å². The van der Waals surface area contributed by atoms with Crippen LogP contribution in [-0.4, -0.2) is 11.1 Å². The van der Waals surface area contributed by atoms with E-state index >= 15 is 0 Å². The van der Waals surface area contributed by atoms with Gasteiger partial charge >= 0.3 is 0 Å². The Morgan fingerprint density at radius 3 is 2.00 bits per heavy atom. The smallest absolute Gasteiger partial charge is 0.300 e. The molecule has 0 unspecified atom stereocenters. The van der Waals surface area contributed by atoms with E-state index < -0.39 is 5.97 Å². The molecule has 0 aliphatic rings. The van der Waals surface area contributed by atoms with Crippen molar-refractivity contribution in [2.45, 2.75) is 6.92 Å². The van der Waals surface area contributed by atoms with Crippen molar-refractivity contribution < 1.29 is 9.90 Å². The molecular formula is C2H4O2. The van der Waals surface area contributed by atoms with Gasteiger partial charge in [0.2, 0.25) is 0 Å². The third kappa shape index (κ3) is 1.16. The van der Waals surface area contributed by atoms with Crippen molar-refractivity contribution in [2.24, 2.45) is 0 Å². The first kappa shape index (κ1) is 3.47. The Hall–Kier alpha value is -0.530. The number of carboxylic acid groups (broad SMARTS) is 1. The standard InChI is InChI=1S/C2H4O2/c1-2(3)4/h1H3,(H,3,4)/i1+1. The second kappa shape index (κ2) is 0.875. The first-order chi connectivity index (χ1) is 1.73. The molecule has 4 heavy (non-hydrogen) atoms. The van der Waals surface area contributed by atoms with Gasteiger partial charge in [0.05, 0.1) is 0 Å². The predicted octanol–water partition coefficient (Wildman–Crippen LogP) is 0.0909. The molecule has 0 aliphatic carbocycles. The normalized spacial score (nSPS) is 6.25. The third-order valence-corrected chi connectivity index (χ3v) is 0. The second-order valence-corrected chi connectivity index (χ2v) is 0.519. The summed E-state index contributed by atoms with van der Waals surface area (Å²) < 4.78 is 0. The van der Waals surface area contributed by atoms with E-state index in [1.54, 1.807) is 0 Å². The Morgan fingerprint density at radius 1 is 2.00 bits per heavy atom. The lowest BCUT2D eigenvalue weighted by molar-refractivity contribution is -0.134. The molecule has 0 aromatic rings. The minimum atomic E-state index is -0.833. The first-order valence-corrected chi connectivity index (χ1v) is 0.928. The van der Waals surface area contributed by atoms with Gasteiger partial charge in [-0.3, -0.25) is 4.79 Å². The Morgan fingerprint density at radius 2 is 2.00 bits per heavy atom. The fourth-order valence-electron chi connectivity index (χ4n) is 0. The summed E-state index contributed by atoms with van der Waals surface area (Å²) in [6.45, 7) is 1.08. The highest BCUT2D eigenvalue weighted by Gasteiger charge is 1.65. The van der Waals surface area contributed by atoms with E-state index in [2.05, 4.69) is 0 Å². The lowest BCUT2D eigenvalue weighted by atomic mass is 11.2. The Bertz CT molecular complexity index is 27.0. The van der Waals surface area contributed by atoms with Crippen LogP contribution in [0, 0.1) is 0 Å². The zero-order valence-electron chi connectivity index (χ0n) is 2.36. The molecule has 0 rings (SSSR count). The van der Waals surface area contributed by atoms with E-state index in [9.17, 15) is 0 Å². The molecule has 0 amide bonds. The van der Waals surface area contributed by atoms with Crippen LogP contribution < -0.4 is 0 Å². The molecule has 2 nitrogen and oxygen atoms in total. The monoisotopic (exact) mass is 61.0 g/mol. The molecule has 1 N–H and O–H groups in total. The van der Waals surface area contributed by atoms with E-state index in [1.165, 1.54) is 0 Å². The summed E-state index contributed by atoms with van der Waals surface area (Å²) >= 11 is 0. The number of rotatable bonds is 0. The van der Waals surface area contributed by atoms with Gasteiger partial charge in [0.25, 0.3) is 5.97 Å². The molecule has 0 aromatic carbocycles. The van der Waals surface area contributed by atoms with Crippen LogP contribution in [0.25, 0.3) is 0 Å². The molecule has 0 aliphatic heterocycles. The summed E-state index contributed by atoms with van der Waals surface area (Å²) in [4.78, 5) is 9.00. The van der Waals surface area contributed by atoms with Crippen molar-refractivity contribution in [2.75, 3.05) is 0 Å². The maximum Gasteiger partial charge on any atom is 0.300 e. The molecule has 2 heteroatoms. The molecule has 0 bridgehead atoms. The quantitative estimate of drug-likeness (QED) is 0.403. The Balaban J connectivity index is 2.80. The van der Waals surface area contributed by atoms with Gasteiger partial charge < -0.3 is 5.11 Å². The van der Waals surface area contributed by atoms with Crippen molar-refractivity contribution in [1.29, 1.82) is 0 Å². The van der Waals surface area contributed by atoms with Gasteiger partial charge in [-0.1, -0.05) is 0 Å². The molecule has 0 atom stereocenters. The van der Waals surface area contributed by atoms with E-state index in [4.69, 9.17) is 9.90 Å². The summed E-state index contributed by atoms with van der Waals surface area (Å²) in [5.74, 6) is -0.833. The molecule has 0 fully saturated rings. The van der Waals surface area contributed by atoms with Gasteiger partial charge in [-0.15, -0.1) is 0 Å². The summed E-state index contributed by atoms with van der Waals surface area (Å²) in [6.07, 6.45) is 0. The average molecular weight is 61.0 g/mol. The van der Waals surface area contributed by atoms with Gasteiger partial charge in [0, 0.05) is 6.92 Å². The predicted molar refractivity (Wildman–Crippen MR) is 13.3 cm³/mol. The lowest BCUT2D eigenvalue weighted by Crippen LogP contribution is -1.78. The summed E-state index contributed by atoms with van der Waals surface area (Å²) in [5, 5.41) is 7.42. The van der Waals surface area contributed by atoms with E-state index in [-0.39, 0.29) is 0 Å². The summed E-state index contributed by atoms with van der Waals surface area (Å²) in [7, 11) is 0. The molecule has 0 heterocycles. The topological polar surface area (TPSA) is 37.3 Å². The zero-order chi connectivity index (χ0) is 3.58. The fraction of sp³-hybridized carbons (Fsp3) is 0.500. The van der Waals surface area contributed by atoms with E-state index in [0.717, 1.165) is 6.92 Å². The van der Waals surface area contributed by atoms with Crippen LogP contribution in [0.2, 0.25) is 0 Å². The SMILES string of the molecule is [13CH3]C(=O)O. The van der Waals surface area contributed by atoms with Crippen LogP contribution in [0.15, 0.2) is 0 Å². The Labute approximate surface area is 24.1 Å². The van der Waals surface area contributed by atoms with Crippen molar-refractivity contribution in [1.82, 2.24) is 0 Å². The highest BCUT2D eigenvalue weighted by molar-refractivity contribution is 5.62. The highest BCUT2D eigenvalue weighted by Crippen LogP contribution is 1.42. The second-order valence-electron chi connectivity index (χ2n) is 0.519. The number of carboxylic acids is 1. The summed E-state index contributed by atoms with van der Waals surface area (Å²) in [5.41, 5.74) is 0. The average Bonchev–Trinajstić information content (AvgIpc) is 0.811. The Kier molecular flexibility index (Phi) is 0.759. The first-order valence-electron chi connectivity index (χ1n) is 0.928. The maximum absolute atomic E-state index is 9.00. The molecule has 0 aromatic heterocycles. The highest BCUT2D eigenvalue weighted by atomic mass is 16.4. The van der Waals surface area contributed by atoms with Crippen LogP contribution in [0.4, 0.5) is 0 Å². The number of carbonyl (C=O) groups is 1. The van der Waals surface area contributed by atoms with E-state index in [1.807, 2.05) is 0 Å². The largest absolute Gasteiger partial charge is 0.481 e. The number of hydrogen-bond donors (Lipinski definition) is 1. The number of aliphatic carboxylic acids is 1. The van der Waals surface area contributed by atoms with Crippen LogP contribution in [0.3, 0.4) is 0 Å². The van der Waals surface area contributed by atoms with Crippen LogP contribution in [0.5, 0.6) is 0 Å². The fourth-order valence-corrected chi connectivity index (χ4v) is 0. The van der Waals surface area contributed by atoms with Crippen molar-refractivity contribution >= 4 is 5.97 Å². The van der Waals surface area contributed by atoms with E-state index in [0.29, 0.717) is 0 Å². The van der Waals surface area contributed by atoms with Gasteiger partial charge in [0.15, 0.2) is 0 Å². The lowest BCUT2D eigenvalue weighted by Gasteiger charge is -1.59. The van der Waals surface area contributed by atoms with Gasteiger partial charge in [-0.2, -0.15) is 0 Å². The van der Waals surface area contributed by atoms with Crippen molar-refractivity contribution in [3.05, 3.63) is 0 Å². The molecule has 0 saturated carbocycles. The van der Waals surface area contributed by atoms with Crippen molar-refractivity contribution in [3.63, 3.8) is 0 Å². The minimum absolute atomic E-state index is 0.833. The van der Waals surface area contributed by atoms with Crippen LogP contribution in [0.1, 0.15) is 6.92 Å². The number of hydrogen-bond acceptors (Lipinski definition) is 1. The molecular weight excluding hydrogens is 57.0 g/mol. The van der Waals surface area contributed by atoms with Crippen LogP contribution >= 0.6 is 0 Å². The molecule has 0 radical (unpaired) electrons. The van der Waals surface area contributed by atoms with Gasteiger partial charge in [0.1, 0.15) is 0 Å². The molecule has 0 spiro atoms. The van der Waals surface area contributed by atoms with Gasteiger partial charge in [-0.25, -0.2) is 0 Å².